The lowest BCUT2D eigenvalue weighted by Crippen LogP contribution is -2.32. The molecule has 0 aliphatic carbocycles. The van der Waals surface area contributed by atoms with Gasteiger partial charge in [0.15, 0.2) is 0 Å². The second-order valence-electron chi connectivity index (χ2n) is 4.21. The van der Waals surface area contributed by atoms with E-state index < -0.39 is 17.6 Å². The summed E-state index contributed by atoms with van der Waals surface area (Å²) in [6, 6.07) is 5.87. The van der Waals surface area contributed by atoms with Crippen molar-refractivity contribution in [3.63, 3.8) is 0 Å². The van der Waals surface area contributed by atoms with Crippen molar-refractivity contribution in [2.45, 2.75) is 6.92 Å². The first-order valence-electron chi connectivity index (χ1n) is 5.92. The van der Waals surface area contributed by atoms with Gasteiger partial charge in [0.05, 0.1) is 18.4 Å². The van der Waals surface area contributed by atoms with Gasteiger partial charge in [-0.15, -0.1) is 0 Å². The Kier molecular flexibility index (Phi) is 4.14. The monoisotopic (exact) mass is 276 g/mol. The Balaban J connectivity index is 1.86. The second kappa shape index (κ2) is 6.01. The van der Waals surface area contributed by atoms with Gasteiger partial charge in [0.1, 0.15) is 12.1 Å². The van der Waals surface area contributed by atoms with Crippen molar-refractivity contribution in [3.8, 4) is 0 Å². The van der Waals surface area contributed by atoms with Crippen LogP contribution in [-0.4, -0.2) is 18.4 Å². The number of benzene rings is 1. The summed E-state index contributed by atoms with van der Waals surface area (Å²) in [6.45, 7) is 1.42. The van der Waals surface area contributed by atoms with Crippen LogP contribution in [0.3, 0.4) is 0 Å². The Hall–Kier alpha value is -2.63. The standard InChI is InChI=1S/C14H13FN2O3/c1-9-2-3-11(6-12(9)15)17-13(18)7-16-14(19)10-4-5-20-8-10/h2-6,8H,7H2,1H3,(H,16,19)(H,17,18). The molecule has 0 fully saturated rings. The van der Waals surface area contributed by atoms with Crippen LogP contribution in [0.1, 0.15) is 15.9 Å². The van der Waals surface area contributed by atoms with Gasteiger partial charge in [-0.3, -0.25) is 9.59 Å². The highest BCUT2D eigenvalue weighted by Gasteiger charge is 2.09. The van der Waals surface area contributed by atoms with Crippen LogP contribution in [0.25, 0.3) is 0 Å². The summed E-state index contributed by atoms with van der Waals surface area (Å²) in [5, 5.41) is 4.92. The topological polar surface area (TPSA) is 71.3 Å². The van der Waals surface area contributed by atoms with Crippen molar-refractivity contribution in [2.24, 2.45) is 0 Å². The van der Waals surface area contributed by atoms with E-state index in [2.05, 4.69) is 10.6 Å². The van der Waals surface area contributed by atoms with E-state index in [9.17, 15) is 14.0 Å². The van der Waals surface area contributed by atoms with Gasteiger partial charge in [-0.25, -0.2) is 4.39 Å². The maximum absolute atomic E-state index is 13.3. The first kappa shape index (κ1) is 13.8. The number of furan rings is 1. The largest absolute Gasteiger partial charge is 0.472 e. The summed E-state index contributed by atoms with van der Waals surface area (Å²) in [5.74, 6) is -1.25. The summed E-state index contributed by atoms with van der Waals surface area (Å²) in [4.78, 5) is 23.2. The highest BCUT2D eigenvalue weighted by Crippen LogP contribution is 2.13. The minimum atomic E-state index is -0.440. The number of rotatable bonds is 4. The molecular formula is C14H13FN2O3. The molecule has 6 heteroatoms. The number of carbonyl (C=O) groups excluding carboxylic acids is 2. The molecule has 104 valence electrons. The molecule has 0 saturated heterocycles. The fourth-order valence-electron chi connectivity index (χ4n) is 1.53. The highest BCUT2D eigenvalue weighted by molar-refractivity contribution is 5.99. The van der Waals surface area contributed by atoms with Crippen molar-refractivity contribution < 1.29 is 18.4 Å². The van der Waals surface area contributed by atoms with Crippen LogP contribution >= 0.6 is 0 Å². The van der Waals surface area contributed by atoms with Crippen molar-refractivity contribution in [3.05, 3.63) is 53.7 Å². The lowest BCUT2D eigenvalue weighted by molar-refractivity contribution is -0.115. The average molecular weight is 276 g/mol. The van der Waals surface area contributed by atoms with Crippen LogP contribution in [-0.2, 0) is 4.79 Å². The molecule has 2 N–H and O–H groups in total. The van der Waals surface area contributed by atoms with Gasteiger partial charge in [-0.05, 0) is 30.7 Å². The number of hydrogen-bond donors (Lipinski definition) is 2. The zero-order valence-electron chi connectivity index (χ0n) is 10.8. The Bertz CT molecular complexity index is 623. The summed E-state index contributed by atoms with van der Waals surface area (Å²) in [7, 11) is 0. The molecular weight excluding hydrogens is 263 g/mol. The molecule has 0 unspecified atom stereocenters. The Morgan fingerprint density at radius 3 is 2.75 bits per heavy atom. The summed E-state index contributed by atoms with van der Waals surface area (Å²) < 4.78 is 18.1. The van der Waals surface area contributed by atoms with Crippen LogP contribution in [0.2, 0.25) is 0 Å². The number of nitrogens with one attached hydrogen (secondary N) is 2. The number of hydrogen-bond acceptors (Lipinski definition) is 3. The van der Waals surface area contributed by atoms with Gasteiger partial charge < -0.3 is 15.1 Å². The Morgan fingerprint density at radius 2 is 2.10 bits per heavy atom. The van der Waals surface area contributed by atoms with E-state index in [1.807, 2.05) is 0 Å². The molecule has 0 radical (unpaired) electrons. The van der Waals surface area contributed by atoms with Gasteiger partial charge in [-0.1, -0.05) is 6.07 Å². The van der Waals surface area contributed by atoms with E-state index in [1.165, 1.54) is 24.7 Å². The number of aryl methyl sites for hydroxylation is 1. The fraction of sp³-hybridized carbons (Fsp3) is 0.143. The minimum absolute atomic E-state index is 0.209. The third-order valence-corrected chi connectivity index (χ3v) is 2.65. The van der Waals surface area contributed by atoms with Crippen LogP contribution < -0.4 is 10.6 Å². The van der Waals surface area contributed by atoms with E-state index in [4.69, 9.17) is 4.42 Å². The summed E-state index contributed by atoms with van der Waals surface area (Å²) in [5.41, 5.74) is 1.17. The molecule has 0 aliphatic rings. The van der Waals surface area contributed by atoms with Crippen LogP contribution in [0, 0.1) is 12.7 Å². The van der Waals surface area contributed by atoms with E-state index in [0.29, 0.717) is 16.8 Å². The molecule has 0 spiro atoms. The smallest absolute Gasteiger partial charge is 0.254 e. The predicted molar refractivity (Wildman–Crippen MR) is 70.8 cm³/mol. The SMILES string of the molecule is Cc1ccc(NC(=O)CNC(=O)c2ccoc2)cc1F. The molecule has 5 nitrogen and oxygen atoms in total. The van der Waals surface area contributed by atoms with E-state index >= 15 is 0 Å². The molecule has 2 amide bonds. The number of amides is 2. The maximum Gasteiger partial charge on any atom is 0.254 e. The molecule has 1 heterocycles. The lowest BCUT2D eigenvalue weighted by atomic mass is 10.2. The van der Waals surface area contributed by atoms with E-state index in [0.717, 1.165) is 0 Å². The van der Waals surface area contributed by atoms with Gasteiger partial charge in [0.25, 0.3) is 5.91 Å². The number of carbonyl (C=O) groups is 2. The highest BCUT2D eigenvalue weighted by atomic mass is 19.1. The molecule has 1 aromatic carbocycles. The maximum atomic E-state index is 13.3. The number of anilines is 1. The Labute approximate surface area is 114 Å². The third kappa shape index (κ3) is 3.44. The van der Waals surface area contributed by atoms with Crippen molar-refractivity contribution >= 4 is 17.5 Å². The predicted octanol–water partition coefficient (Wildman–Crippen LogP) is 2.10. The van der Waals surface area contributed by atoms with E-state index in [-0.39, 0.29) is 6.54 Å². The first-order chi connectivity index (χ1) is 9.56. The zero-order valence-corrected chi connectivity index (χ0v) is 10.8. The molecule has 0 bridgehead atoms. The number of halogens is 1. The molecule has 2 rings (SSSR count). The quantitative estimate of drug-likeness (QED) is 0.898. The minimum Gasteiger partial charge on any atom is -0.472 e. The normalized spacial score (nSPS) is 10.1. The molecule has 0 atom stereocenters. The summed E-state index contributed by atoms with van der Waals surface area (Å²) in [6.07, 6.45) is 2.65. The molecule has 1 aromatic heterocycles. The third-order valence-electron chi connectivity index (χ3n) is 2.65. The Morgan fingerprint density at radius 1 is 1.30 bits per heavy atom. The molecule has 0 aliphatic heterocycles. The van der Waals surface area contributed by atoms with Crippen molar-refractivity contribution in [2.75, 3.05) is 11.9 Å². The van der Waals surface area contributed by atoms with Gasteiger partial charge >= 0.3 is 0 Å². The second-order valence-corrected chi connectivity index (χ2v) is 4.21. The van der Waals surface area contributed by atoms with E-state index in [1.54, 1.807) is 19.1 Å². The van der Waals surface area contributed by atoms with Crippen LogP contribution in [0.5, 0.6) is 0 Å². The van der Waals surface area contributed by atoms with Gasteiger partial charge in [0, 0.05) is 5.69 Å². The lowest BCUT2D eigenvalue weighted by Gasteiger charge is -2.07. The van der Waals surface area contributed by atoms with Crippen LogP contribution in [0.15, 0.2) is 41.2 Å². The van der Waals surface area contributed by atoms with Crippen LogP contribution in [0.4, 0.5) is 10.1 Å². The summed E-state index contributed by atoms with van der Waals surface area (Å²) >= 11 is 0. The van der Waals surface area contributed by atoms with Crippen molar-refractivity contribution in [1.82, 2.24) is 5.32 Å². The van der Waals surface area contributed by atoms with Crippen molar-refractivity contribution in [1.29, 1.82) is 0 Å². The fourth-order valence-corrected chi connectivity index (χ4v) is 1.53. The first-order valence-corrected chi connectivity index (χ1v) is 5.92. The zero-order chi connectivity index (χ0) is 14.5. The molecule has 0 saturated carbocycles. The van der Waals surface area contributed by atoms with Gasteiger partial charge in [0.2, 0.25) is 5.91 Å². The average Bonchev–Trinajstić information content (AvgIpc) is 2.94. The molecule has 2 aromatic rings. The molecule has 20 heavy (non-hydrogen) atoms. The van der Waals surface area contributed by atoms with Gasteiger partial charge in [-0.2, -0.15) is 0 Å².